The molecule has 3 nitrogen and oxygen atoms in total. The van der Waals surface area contributed by atoms with Gasteiger partial charge in [0, 0.05) is 18.5 Å². The van der Waals surface area contributed by atoms with E-state index < -0.39 is 0 Å². The summed E-state index contributed by atoms with van der Waals surface area (Å²) in [7, 11) is 1.63. The topological polar surface area (TPSA) is 34.4 Å². The SMILES string of the molecule is Cc1cccc2c1cc(OBO)n2C. The Morgan fingerprint density at radius 2 is 2.21 bits per heavy atom. The van der Waals surface area contributed by atoms with Gasteiger partial charge in [0.1, 0.15) is 0 Å². The lowest BCUT2D eigenvalue weighted by Gasteiger charge is -2.03. The molecule has 1 N–H and O–H groups in total. The van der Waals surface area contributed by atoms with Gasteiger partial charge < -0.3 is 14.2 Å². The molecule has 0 fully saturated rings. The van der Waals surface area contributed by atoms with Crippen molar-refractivity contribution in [2.75, 3.05) is 0 Å². The molecule has 14 heavy (non-hydrogen) atoms. The number of fused-ring (bicyclic) bond motifs is 1. The number of aryl methyl sites for hydroxylation is 2. The van der Waals surface area contributed by atoms with E-state index in [1.165, 1.54) is 10.9 Å². The summed E-state index contributed by atoms with van der Waals surface area (Å²) >= 11 is 0. The molecule has 0 amide bonds. The summed E-state index contributed by atoms with van der Waals surface area (Å²) in [6.45, 7) is 2.06. The van der Waals surface area contributed by atoms with Gasteiger partial charge in [-0.25, -0.2) is 0 Å². The van der Waals surface area contributed by atoms with E-state index in [1.54, 1.807) is 0 Å². The van der Waals surface area contributed by atoms with Gasteiger partial charge in [-0.3, -0.25) is 0 Å². The Bertz CT molecular complexity index is 464. The second kappa shape index (κ2) is 3.38. The molecule has 1 heterocycles. The molecule has 0 saturated heterocycles. The molecule has 0 unspecified atom stereocenters. The lowest BCUT2D eigenvalue weighted by molar-refractivity contribution is 0.433. The van der Waals surface area contributed by atoms with Gasteiger partial charge in [0.15, 0.2) is 5.88 Å². The van der Waals surface area contributed by atoms with Crippen molar-refractivity contribution in [2.45, 2.75) is 6.92 Å². The van der Waals surface area contributed by atoms with Gasteiger partial charge in [0.25, 0.3) is 0 Å². The minimum Gasteiger partial charge on any atom is -0.526 e. The van der Waals surface area contributed by atoms with Crippen LogP contribution in [0, 0.1) is 6.92 Å². The molecule has 2 aromatic rings. The van der Waals surface area contributed by atoms with Gasteiger partial charge >= 0.3 is 7.69 Å². The van der Waals surface area contributed by atoms with Crippen molar-refractivity contribution in [3.63, 3.8) is 0 Å². The maximum Gasteiger partial charge on any atom is 0.505 e. The van der Waals surface area contributed by atoms with Crippen molar-refractivity contribution in [1.29, 1.82) is 0 Å². The van der Waals surface area contributed by atoms with Gasteiger partial charge in [-0.2, -0.15) is 0 Å². The van der Waals surface area contributed by atoms with Gasteiger partial charge in [0.05, 0.1) is 5.52 Å². The highest BCUT2D eigenvalue weighted by Gasteiger charge is 2.07. The van der Waals surface area contributed by atoms with Crippen LogP contribution in [-0.4, -0.2) is 17.3 Å². The van der Waals surface area contributed by atoms with Crippen LogP contribution < -0.4 is 4.65 Å². The van der Waals surface area contributed by atoms with Crippen LogP contribution in [0.3, 0.4) is 0 Å². The summed E-state index contributed by atoms with van der Waals surface area (Å²) in [6.07, 6.45) is 0. The van der Waals surface area contributed by atoms with Crippen LogP contribution >= 0.6 is 0 Å². The highest BCUT2D eigenvalue weighted by molar-refractivity contribution is 6.17. The van der Waals surface area contributed by atoms with Gasteiger partial charge in [-0.1, -0.05) is 12.1 Å². The Morgan fingerprint density at radius 3 is 2.86 bits per heavy atom. The third-order valence-electron chi connectivity index (χ3n) is 2.47. The van der Waals surface area contributed by atoms with E-state index in [0.29, 0.717) is 5.88 Å². The second-order valence-electron chi connectivity index (χ2n) is 3.32. The smallest absolute Gasteiger partial charge is 0.505 e. The molecule has 0 spiro atoms. The predicted molar refractivity (Wildman–Crippen MR) is 57.7 cm³/mol. The zero-order valence-corrected chi connectivity index (χ0v) is 8.32. The Kier molecular flexibility index (Phi) is 2.21. The molecule has 72 valence electrons. The Morgan fingerprint density at radius 1 is 1.43 bits per heavy atom. The van der Waals surface area contributed by atoms with Gasteiger partial charge in [0.2, 0.25) is 0 Å². The molecule has 0 atom stereocenters. The first-order chi connectivity index (χ1) is 6.74. The first-order valence-corrected chi connectivity index (χ1v) is 4.52. The van der Waals surface area contributed by atoms with E-state index in [2.05, 4.69) is 13.0 Å². The zero-order valence-electron chi connectivity index (χ0n) is 8.32. The Balaban J connectivity index is 2.67. The monoisotopic (exact) mass is 189 g/mol. The number of hydrogen-bond donors (Lipinski definition) is 1. The summed E-state index contributed by atoms with van der Waals surface area (Å²) in [5, 5.41) is 9.87. The molecular weight excluding hydrogens is 177 g/mol. The Labute approximate surface area is 83.2 Å². The molecule has 2 rings (SSSR count). The summed E-state index contributed by atoms with van der Waals surface area (Å²) < 4.78 is 7.02. The lowest BCUT2D eigenvalue weighted by atomic mass is 10.1. The molecule has 1 aromatic heterocycles. The predicted octanol–water partition coefficient (Wildman–Crippen LogP) is 1.12. The minimum atomic E-state index is -0.288. The summed E-state index contributed by atoms with van der Waals surface area (Å²) in [5.74, 6) is 0.691. The average molecular weight is 189 g/mol. The van der Waals surface area contributed by atoms with Crippen LogP contribution in [-0.2, 0) is 7.05 Å². The van der Waals surface area contributed by atoms with E-state index in [4.69, 9.17) is 9.68 Å². The van der Waals surface area contributed by atoms with Gasteiger partial charge in [-0.05, 0) is 18.6 Å². The second-order valence-corrected chi connectivity index (χ2v) is 3.32. The third kappa shape index (κ3) is 1.28. The van der Waals surface area contributed by atoms with Crippen molar-refractivity contribution in [1.82, 2.24) is 4.57 Å². The molecule has 0 aliphatic rings. The average Bonchev–Trinajstić information content (AvgIpc) is 2.48. The third-order valence-corrected chi connectivity index (χ3v) is 2.47. The van der Waals surface area contributed by atoms with Crippen LogP contribution in [0.2, 0.25) is 0 Å². The standard InChI is InChI=1S/C10H12BNO2/c1-7-4-3-5-9-8(7)6-10(12(9)2)14-11-13/h3-6,11,13H,1-2H3. The van der Waals surface area contributed by atoms with Crippen molar-refractivity contribution in [3.8, 4) is 5.88 Å². The highest BCUT2D eigenvalue weighted by Crippen LogP contribution is 2.26. The van der Waals surface area contributed by atoms with E-state index in [9.17, 15) is 0 Å². The fraction of sp³-hybridized carbons (Fsp3) is 0.200. The van der Waals surface area contributed by atoms with Crippen molar-refractivity contribution in [3.05, 3.63) is 29.8 Å². The van der Waals surface area contributed by atoms with E-state index in [0.717, 1.165) is 5.52 Å². The largest absolute Gasteiger partial charge is 0.526 e. The molecule has 0 bridgehead atoms. The van der Waals surface area contributed by atoms with Crippen molar-refractivity contribution in [2.24, 2.45) is 7.05 Å². The number of rotatable bonds is 2. The molecule has 0 radical (unpaired) electrons. The van der Waals surface area contributed by atoms with E-state index in [1.807, 2.05) is 29.8 Å². The van der Waals surface area contributed by atoms with Crippen LogP contribution in [0.25, 0.3) is 10.9 Å². The molecule has 0 aliphatic heterocycles. The highest BCUT2D eigenvalue weighted by atomic mass is 16.5. The number of hydrogen-bond acceptors (Lipinski definition) is 2. The van der Waals surface area contributed by atoms with E-state index in [-0.39, 0.29) is 7.69 Å². The summed E-state index contributed by atoms with van der Waals surface area (Å²) in [5.41, 5.74) is 2.33. The van der Waals surface area contributed by atoms with Crippen LogP contribution in [0.15, 0.2) is 24.3 Å². The number of aromatic nitrogens is 1. The Hall–Kier alpha value is -1.42. The molecule has 1 aromatic carbocycles. The van der Waals surface area contributed by atoms with Crippen LogP contribution in [0.5, 0.6) is 5.88 Å². The molecule has 0 saturated carbocycles. The molecule has 4 heteroatoms. The van der Waals surface area contributed by atoms with E-state index >= 15 is 0 Å². The number of nitrogens with zero attached hydrogens (tertiary/aromatic N) is 1. The quantitative estimate of drug-likeness (QED) is 0.718. The summed E-state index contributed by atoms with van der Waals surface area (Å²) in [4.78, 5) is 0. The van der Waals surface area contributed by atoms with Crippen molar-refractivity contribution >= 4 is 18.6 Å². The van der Waals surface area contributed by atoms with Crippen molar-refractivity contribution < 1.29 is 9.68 Å². The van der Waals surface area contributed by atoms with Crippen LogP contribution in [0.4, 0.5) is 0 Å². The fourth-order valence-electron chi connectivity index (χ4n) is 1.69. The summed E-state index contributed by atoms with van der Waals surface area (Å²) in [6, 6.07) is 8.05. The normalized spacial score (nSPS) is 10.5. The zero-order chi connectivity index (χ0) is 10.1. The van der Waals surface area contributed by atoms with Crippen LogP contribution in [0.1, 0.15) is 5.56 Å². The minimum absolute atomic E-state index is 0.288. The number of benzene rings is 1. The maximum atomic E-state index is 8.70. The molecular formula is C10H12BNO2. The first kappa shape index (κ1) is 9.15. The lowest BCUT2D eigenvalue weighted by Crippen LogP contribution is -2.03. The first-order valence-electron chi connectivity index (χ1n) is 4.52. The van der Waals surface area contributed by atoms with Gasteiger partial charge in [-0.15, -0.1) is 0 Å². The maximum absolute atomic E-state index is 8.70. The molecule has 0 aliphatic carbocycles. The fourth-order valence-corrected chi connectivity index (χ4v) is 1.69.